The third kappa shape index (κ3) is 4.26. The predicted molar refractivity (Wildman–Crippen MR) is 119 cm³/mol. The number of aliphatic hydroxyl groups excluding tert-OH is 1. The molecule has 1 aromatic heterocycles. The lowest BCUT2D eigenvalue weighted by molar-refractivity contribution is 0.101. The molecule has 1 heterocycles. The Hall–Kier alpha value is -4.28. The fraction of sp³-hybridized carbons (Fsp3) is 0.0800. The Morgan fingerprint density at radius 2 is 1.84 bits per heavy atom. The molecule has 32 heavy (non-hydrogen) atoms. The van der Waals surface area contributed by atoms with Gasteiger partial charge in [0.15, 0.2) is 5.69 Å². The summed E-state index contributed by atoms with van der Waals surface area (Å²) in [6.07, 6.45) is -0.978. The third-order valence-electron chi connectivity index (χ3n) is 4.94. The number of carbonyl (C=O) groups is 1. The number of hydrogen-bond donors (Lipinski definition) is 2. The van der Waals surface area contributed by atoms with Gasteiger partial charge in [0, 0.05) is 0 Å². The molecule has 2 N–H and O–H groups in total. The minimum atomic E-state index is -0.978. The summed E-state index contributed by atoms with van der Waals surface area (Å²) in [5, 5.41) is 17.4. The maximum absolute atomic E-state index is 14.7. The first kappa shape index (κ1) is 21.0. The number of halogens is 1. The molecule has 6 nitrogen and oxygen atoms in total. The maximum atomic E-state index is 14.7. The molecule has 158 valence electrons. The highest BCUT2D eigenvalue weighted by Gasteiger charge is 2.18. The molecule has 0 saturated carbocycles. The molecule has 0 bridgehead atoms. The fourth-order valence-electron chi connectivity index (χ4n) is 3.37. The highest BCUT2D eigenvalue weighted by atomic mass is 19.1. The summed E-state index contributed by atoms with van der Waals surface area (Å²) in [7, 11) is 0. The van der Waals surface area contributed by atoms with Crippen LogP contribution in [0.4, 0.5) is 15.8 Å². The van der Waals surface area contributed by atoms with Gasteiger partial charge < -0.3 is 10.4 Å². The molecule has 7 heteroatoms. The number of aryl methyl sites for hydroxylation is 1. The molecule has 0 saturated heterocycles. The van der Waals surface area contributed by atoms with Crippen molar-refractivity contribution in [2.45, 2.75) is 13.0 Å². The largest absolute Gasteiger partial charge is 0.384 e. The van der Waals surface area contributed by atoms with Crippen LogP contribution in [0.2, 0.25) is 0 Å². The monoisotopic (exact) mass is 426 g/mol. The molecule has 0 radical (unpaired) electrons. The van der Waals surface area contributed by atoms with E-state index in [9.17, 15) is 14.3 Å². The van der Waals surface area contributed by atoms with Crippen molar-refractivity contribution in [3.05, 3.63) is 119 Å². The van der Waals surface area contributed by atoms with Crippen LogP contribution in [-0.4, -0.2) is 20.8 Å². The topological polar surface area (TPSA) is 71.5 Å². The minimum absolute atomic E-state index is 0.0145. The van der Waals surface area contributed by atoms with E-state index in [1.165, 1.54) is 16.8 Å². The SMILES string of the molecule is [C-]#[N+]c1cccc(-n2nc(C)cc2C(=O)Nc2ccc(C(O)c3ccccc3)cc2F)c1. The molecule has 1 amide bonds. The van der Waals surface area contributed by atoms with Gasteiger partial charge in [0.1, 0.15) is 17.6 Å². The molecule has 1 unspecified atom stereocenters. The number of rotatable bonds is 5. The van der Waals surface area contributed by atoms with Gasteiger partial charge >= 0.3 is 0 Å². The van der Waals surface area contributed by atoms with E-state index in [1.807, 2.05) is 6.07 Å². The van der Waals surface area contributed by atoms with Crippen molar-refractivity contribution >= 4 is 17.3 Å². The number of carbonyl (C=O) groups excluding carboxylic acids is 1. The van der Waals surface area contributed by atoms with Gasteiger partial charge in [-0.3, -0.25) is 4.79 Å². The molecule has 4 rings (SSSR count). The van der Waals surface area contributed by atoms with Crippen LogP contribution < -0.4 is 5.32 Å². The molecular formula is C25H19FN4O2. The van der Waals surface area contributed by atoms with Crippen LogP contribution in [0.3, 0.4) is 0 Å². The Balaban J connectivity index is 1.59. The highest BCUT2D eigenvalue weighted by molar-refractivity contribution is 6.03. The summed E-state index contributed by atoms with van der Waals surface area (Å²) in [6, 6.07) is 21.4. The molecule has 0 aliphatic heterocycles. The third-order valence-corrected chi connectivity index (χ3v) is 4.94. The Labute approximate surface area is 184 Å². The van der Waals surface area contributed by atoms with Crippen LogP contribution in [0.15, 0.2) is 78.9 Å². The number of nitrogens with zero attached hydrogens (tertiary/aromatic N) is 3. The summed E-state index contributed by atoms with van der Waals surface area (Å²) in [4.78, 5) is 16.3. The number of aromatic nitrogens is 2. The number of nitrogens with one attached hydrogen (secondary N) is 1. The van der Waals surface area contributed by atoms with E-state index in [-0.39, 0.29) is 11.4 Å². The van der Waals surface area contributed by atoms with Crippen LogP contribution in [0.25, 0.3) is 10.5 Å². The van der Waals surface area contributed by atoms with E-state index >= 15 is 0 Å². The van der Waals surface area contributed by atoms with Crippen LogP contribution >= 0.6 is 0 Å². The number of hydrogen-bond acceptors (Lipinski definition) is 3. The van der Waals surface area contributed by atoms with Crippen molar-refractivity contribution in [1.82, 2.24) is 9.78 Å². The van der Waals surface area contributed by atoms with Gasteiger partial charge in [0.05, 0.1) is 23.6 Å². The lowest BCUT2D eigenvalue weighted by Gasteiger charge is -2.14. The summed E-state index contributed by atoms with van der Waals surface area (Å²) in [5.74, 6) is -1.21. The van der Waals surface area contributed by atoms with Crippen molar-refractivity contribution in [1.29, 1.82) is 0 Å². The second-order valence-corrected chi connectivity index (χ2v) is 7.22. The van der Waals surface area contributed by atoms with Crippen molar-refractivity contribution in [2.24, 2.45) is 0 Å². The van der Waals surface area contributed by atoms with Crippen molar-refractivity contribution in [2.75, 3.05) is 5.32 Å². The van der Waals surface area contributed by atoms with Gasteiger partial charge in [-0.1, -0.05) is 48.5 Å². The van der Waals surface area contributed by atoms with E-state index in [0.717, 1.165) is 0 Å². The van der Waals surface area contributed by atoms with Crippen LogP contribution in [0, 0.1) is 19.3 Å². The van der Waals surface area contributed by atoms with Crippen molar-refractivity contribution < 1.29 is 14.3 Å². The minimum Gasteiger partial charge on any atom is -0.384 e. The first-order valence-electron chi connectivity index (χ1n) is 9.84. The standard InChI is InChI=1S/C25H19FN4O2/c1-16-13-23(30(29-16)20-10-6-9-19(15-20)27-2)25(32)28-22-12-11-18(14-21(22)26)24(31)17-7-4-3-5-8-17/h3-15,24,31H,1H3,(H,28,32). The molecule has 4 aromatic rings. The van der Waals surface area contributed by atoms with Crippen LogP contribution in [0.5, 0.6) is 0 Å². The van der Waals surface area contributed by atoms with Gasteiger partial charge in [-0.15, -0.1) is 0 Å². The molecule has 3 aromatic carbocycles. The van der Waals surface area contributed by atoms with Gasteiger partial charge in [-0.25, -0.2) is 13.9 Å². The van der Waals surface area contributed by atoms with E-state index in [4.69, 9.17) is 6.57 Å². The first-order chi connectivity index (χ1) is 15.5. The fourth-order valence-corrected chi connectivity index (χ4v) is 3.37. The normalized spacial score (nSPS) is 11.6. The zero-order chi connectivity index (χ0) is 22.7. The maximum Gasteiger partial charge on any atom is 0.274 e. The summed E-state index contributed by atoms with van der Waals surface area (Å²) in [6.45, 7) is 8.92. The quantitative estimate of drug-likeness (QED) is 0.431. The lowest BCUT2D eigenvalue weighted by atomic mass is 10.0. The Bertz CT molecular complexity index is 1330. The second-order valence-electron chi connectivity index (χ2n) is 7.22. The number of aliphatic hydroxyl groups is 1. The average molecular weight is 426 g/mol. The van der Waals surface area contributed by atoms with Gasteiger partial charge in [0.2, 0.25) is 0 Å². The Morgan fingerprint density at radius 1 is 1.06 bits per heavy atom. The number of amides is 1. The van der Waals surface area contributed by atoms with Crippen LogP contribution in [0.1, 0.15) is 33.4 Å². The zero-order valence-corrected chi connectivity index (χ0v) is 17.2. The Kier molecular flexibility index (Phi) is 5.79. The summed E-state index contributed by atoms with van der Waals surface area (Å²) >= 11 is 0. The average Bonchev–Trinajstić information content (AvgIpc) is 3.22. The summed E-state index contributed by atoms with van der Waals surface area (Å²) in [5.41, 5.74) is 2.79. The number of benzene rings is 3. The number of anilines is 1. The molecule has 0 fully saturated rings. The first-order valence-corrected chi connectivity index (χ1v) is 9.84. The lowest BCUT2D eigenvalue weighted by Crippen LogP contribution is -2.18. The summed E-state index contributed by atoms with van der Waals surface area (Å²) < 4.78 is 16.2. The van der Waals surface area contributed by atoms with Crippen molar-refractivity contribution in [3.8, 4) is 5.69 Å². The molecule has 0 spiro atoms. The Morgan fingerprint density at radius 3 is 2.56 bits per heavy atom. The predicted octanol–water partition coefficient (Wildman–Crippen LogP) is 5.20. The zero-order valence-electron chi connectivity index (χ0n) is 17.2. The molecule has 0 aliphatic rings. The van der Waals surface area contributed by atoms with Crippen LogP contribution in [-0.2, 0) is 0 Å². The molecular weight excluding hydrogens is 407 g/mol. The van der Waals surface area contributed by atoms with E-state index in [0.29, 0.717) is 28.2 Å². The van der Waals surface area contributed by atoms with Gasteiger partial charge in [-0.05, 0) is 48.4 Å². The highest BCUT2D eigenvalue weighted by Crippen LogP contribution is 2.26. The smallest absolute Gasteiger partial charge is 0.274 e. The van der Waals surface area contributed by atoms with E-state index in [2.05, 4.69) is 15.3 Å². The van der Waals surface area contributed by atoms with E-state index < -0.39 is 17.8 Å². The molecule has 0 aliphatic carbocycles. The second kappa shape index (κ2) is 8.84. The van der Waals surface area contributed by atoms with Gasteiger partial charge in [-0.2, -0.15) is 5.10 Å². The van der Waals surface area contributed by atoms with Crippen molar-refractivity contribution in [3.63, 3.8) is 0 Å². The molecule has 1 atom stereocenters. The van der Waals surface area contributed by atoms with Gasteiger partial charge in [0.25, 0.3) is 5.91 Å². The van der Waals surface area contributed by atoms with E-state index in [1.54, 1.807) is 67.6 Å².